The topological polar surface area (TPSA) is 143 Å². The number of aromatic nitrogens is 6. The molecule has 7 rings (SSSR count). The molecule has 13 nitrogen and oxygen atoms in total. The van der Waals surface area contributed by atoms with Crippen molar-refractivity contribution in [1.29, 1.82) is 0 Å². The van der Waals surface area contributed by atoms with E-state index < -0.39 is 23.9 Å². The third-order valence-electron chi connectivity index (χ3n) is 9.47. The van der Waals surface area contributed by atoms with Gasteiger partial charge in [0.1, 0.15) is 11.5 Å². The predicted molar refractivity (Wildman–Crippen MR) is 195 cm³/mol. The average molecular weight is 692 g/mol. The minimum Gasteiger partial charge on any atom is -0.475 e. The fourth-order valence-electron chi connectivity index (χ4n) is 6.45. The molecule has 0 radical (unpaired) electrons. The number of pyridine rings is 1. The van der Waals surface area contributed by atoms with Crippen LogP contribution in [0.3, 0.4) is 0 Å². The highest BCUT2D eigenvalue weighted by atomic mass is 16.5. The molecule has 1 fully saturated rings. The molecule has 3 aromatic heterocycles. The van der Waals surface area contributed by atoms with Crippen LogP contribution in [0.4, 0.5) is 5.69 Å². The van der Waals surface area contributed by atoms with Gasteiger partial charge in [-0.05, 0) is 69.0 Å². The van der Waals surface area contributed by atoms with E-state index in [9.17, 15) is 9.59 Å². The second-order valence-corrected chi connectivity index (χ2v) is 13.2. The van der Waals surface area contributed by atoms with E-state index in [-0.39, 0.29) is 32.2 Å². The minimum atomic E-state index is -2.34. The Morgan fingerprint density at radius 2 is 1.86 bits per heavy atom. The van der Waals surface area contributed by atoms with Gasteiger partial charge in [-0.25, -0.2) is 9.97 Å². The minimum absolute atomic E-state index is 0.00465. The lowest BCUT2D eigenvalue weighted by molar-refractivity contribution is -0.138. The number of nitrogens with one attached hydrogen (secondary N) is 2. The fourth-order valence-corrected chi connectivity index (χ4v) is 6.45. The van der Waals surface area contributed by atoms with Gasteiger partial charge in [0, 0.05) is 74.8 Å². The van der Waals surface area contributed by atoms with Gasteiger partial charge >= 0.3 is 0 Å². The number of rotatable bonds is 10. The predicted octanol–water partition coefficient (Wildman–Crippen LogP) is 4.86. The first-order valence-electron chi connectivity index (χ1n) is 18.1. The molecule has 13 heteroatoms. The number of fused-ring (bicyclic) bond motifs is 1. The Balaban J connectivity index is 0.996. The van der Waals surface area contributed by atoms with Crippen LogP contribution in [-0.2, 0) is 21.4 Å². The Morgan fingerprint density at radius 3 is 2.53 bits per heavy atom. The summed E-state index contributed by atoms with van der Waals surface area (Å²) in [5.74, 6) is 0.970. The standard InChI is InChI=1S/C38H43N9O4/c1-24(2)51-33-13-10-29(21-39-33)35-31-20-30(11-12-32(31)42-43-35)41-37(49)38(50-5)16-19-46(23-38)22-34(48)47-17-14-27(15-18-47)26-6-8-28(9-7-26)36-40-25(3)45(4)44-36/h6-14,20-21,24H,15-19,22-23H2,1-5H3,(H,41,49)(H,42,43)/t38-/m0/s1/i22D2. The van der Waals surface area contributed by atoms with E-state index in [1.165, 1.54) is 16.9 Å². The summed E-state index contributed by atoms with van der Waals surface area (Å²) in [6.07, 6.45) is 4.48. The van der Waals surface area contributed by atoms with Crippen molar-refractivity contribution in [3.63, 3.8) is 0 Å². The molecule has 2 aromatic carbocycles. The summed E-state index contributed by atoms with van der Waals surface area (Å²) in [6, 6.07) is 17.1. The van der Waals surface area contributed by atoms with Crippen LogP contribution in [0.5, 0.6) is 5.88 Å². The summed E-state index contributed by atoms with van der Waals surface area (Å²) in [5, 5.41) is 15.7. The molecule has 0 spiro atoms. The quantitative estimate of drug-likeness (QED) is 0.210. The maximum atomic E-state index is 13.8. The van der Waals surface area contributed by atoms with Gasteiger partial charge in [0.05, 0.1) is 20.9 Å². The van der Waals surface area contributed by atoms with E-state index in [4.69, 9.17) is 12.2 Å². The molecule has 264 valence electrons. The number of carbonyl (C=O) groups excluding carboxylic acids is 2. The molecule has 5 aromatic rings. The van der Waals surface area contributed by atoms with Gasteiger partial charge in [-0.15, -0.1) is 0 Å². The van der Waals surface area contributed by atoms with Crippen LogP contribution in [0.15, 0.2) is 66.9 Å². The molecule has 2 aliphatic rings. The zero-order valence-corrected chi connectivity index (χ0v) is 29.4. The second kappa shape index (κ2) is 14.1. The molecule has 2 aliphatic heterocycles. The van der Waals surface area contributed by atoms with Crippen molar-refractivity contribution in [2.24, 2.45) is 7.05 Å². The van der Waals surface area contributed by atoms with Crippen molar-refractivity contribution in [3.8, 4) is 28.5 Å². The molecule has 0 aliphatic carbocycles. The Morgan fingerprint density at radius 1 is 1.08 bits per heavy atom. The third-order valence-corrected chi connectivity index (χ3v) is 9.47. The Bertz CT molecular complexity index is 2160. The highest BCUT2D eigenvalue weighted by Crippen LogP contribution is 2.32. The number of hydrogen-bond acceptors (Lipinski definition) is 9. The van der Waals surface area contributed by atoms with E-state index >= 15 is 0 Å². The number of amides is 2. The number of aromatic amines is 1. The lowest BCUT2D eigenvalue weighted by Gasteiger charge is -2.30. The molecular weight excluding hydrogens is 646 g/mol. The van der Waals surface area contributed by atoms with Crippen LogP contribution in [0.1, 0.15) is 40.8 Å². The monoisotopic (exact) mass is 691 g/mol. The Kier molecular flexibility index (Phi) is 8.72. The van der Waals surface area contributed by atoms with E-state index in [2.05, 4.69) is 30.6 Å². The number of likely N-dealkylation sites (tertiary alicyclic amines) is 1. The number of ether oxygens (including phenoxy) is 2. The molecular formula is C38H43N9O4. The van der Waals surface area contributed by atoms with Crippen molar-refractivity contribution in [3.05, 3.63) is 78.3 Å². The summed E-state index contributed by atoms with van der Waals surface area (Å²) >= 11 is 0. The van der Waals surface area contributed by atoms with Crippen molar-refractivity contribution < 1.29 is 21.8 Å². The summed E-state index contributed by atoms with van der Waals surface area (Å²) in [4.78, 5) is 39.3. The summed E-state index contributed by atoms with van der Waals surface area (Å²) < 4.78 is 31.0. The molecule has 2 N–H and O–H groups in total. The first-order chi connectivity index (χ1) is 25.4. The molecule has 0 saturated carbocycles. The lowest BCUT2D eigenvalue weighted by atomic mass is 9.98. The maximum absolute atomic E-state index is 13.8. The molecule has 1 saturated heterocycles. The van der Waals surface area contributed by atoms with Crippen LogP contribution >= 0.6 is 0 Å². The number of H-pyrrole nitrogens is 1. The number of hydrogen-bond donors (Lipinski definition) is 2. The summed E-state index contributed by atoms with van der Waals surface area (Å²) in [7, 11) is 3.30. The Hall–Kier alpha value is -5.40. The first-order valence-corrected chi connectivity index (χ1v) is 17.1. The smallest absolute Gasteiger partial charge is 0.258 e. The van der Waals surface area contributed by atoms with Gasteiger partial charge in [0.25, 0.3) is 5.91 Å². The van der Waals surface area contributed by atoms with Gasteiger partial charge < -0.3 is 19.7 Å². The number of nitrogens with zero attached hydrogens (tertiary/aromatic N) is 7. The van der Waals surface area contributed by atoms with Crippen LogP contribution in [-0.4, -0.2) is 103 Å². The molecule has 0 unspecified atom stereocenters. The number of aryl methyl sites for hydroxylation is 2. The van der Waals surface area contributed by atoms with E-state index in [0.29, 0.717) is 36.1 Å². The average Bonchev–Trinajstić information content (AvgIpc) is 3.89. The Labute approximate surface area is 299 Å². The summed E-state index contributed by atoms with van der Waals surface area (Å²) in [5.41, 5.74) is 4.46. The molecule has 5 heterocycles. The largest absolute Gasteiger partial charge is 0.475 e. The van der Waals surface area contributed by atoms with Crippen LogP contribution < -0.4 is 10.1 Å². The SMILES string of the molecule is [2H]C([2H])(C(=O)N1CC=C(c2ccc(-c3nc(C)n(C)n3)cc2)CC1)N1CC[C@@](OC)(C(=O)Nc2ccc3[nH]nc(-c4ccc(OC(C)C)nc4)c3c2)C1. The van der Waals surface area contributed by atoms with Gasteiger partial charge in [-0.2, -0.15) is 10.2 Å². The number of anilines is 1. The van der Waals surface area contributed by atoms with Gasteiger partial charge in [0.2, 0.25) is 11.8 Å². The van der Waals surface area contributed by atoms with Crippen LogP contribution in [0.2, 0.25) is 0 Å². The van der Waals surface area contributed by atoms with Gasteiger partial charge in [-0.3, -0.25) is 24.3 Å². The zero-order valence-electron chi connectivity index (χ0n) is 31.4. The molecule has 1 atom stereocenters. The van der Waals surface area contributed by atoms with Crippen molar-refractivity contribution in [2.75, 3.05) is 45.1 Å². The highest BCUT2D eigenvalue weighted by Gasteiger charge is 2.45. The fraction of sp³-hybridized carbons (Fsp3) is 0.368. The van der Waals surface area contributed by atoms with Gasteiger partial charge in [-0.1, -0.05) is 30.3 Å². The van der Waals surface area contributed by atoms with Crippen molar-refractivity contribution >= 4 is 34.0 Å². The molecule has 0 bridgehead atoms. The van der Waals surface area contributed by atoms with Gasteiger partial charge in [0.15, 0.2) is 11.4 Å². The lowest BCUT2D eigenvalue weighted by Crippen LogP contribution is -2.48. The third kappa shape index (κ3) is 7.12. The number of carbonyl (C=O) groups is 2. The second-order valence-electron chi connectivity index (χ2n) is 13.2. The maximum Gasteiger partial charge on any atom is 0.258 e. The molecule has 2 amide bonds. The normalized spacial score (nSPS) is 18.9. The number of benzene rings is 2. The zero-order chi connectivity index (χ0) is 37.5. The summed E-state index contributed by atoms with van der Waals surface area (Å²) in [6.45, 7) is 4.18. The van der Waals surface area contributed by atoms with Crippen LogP contribution in [0, 0.1) is 6.92 Å². The van der Waals surface area contributed by atoms with E-state index in [1.54, 1.807) is 23.0 Å². The molecule has 51 heavy (non-hydrogen) atoms. The van der Waals surface area contributed by atoms with Crippen molar-refractivity contribution in [1.82, 2.24) is 39.7 Å². The number of methoxy groups -OCH3 is 1. The van der Waals surface area contributed by atoms with Crippen molar-refractivity contribution in [2.45, 2.75) is 45.3 Å². The highest BCUT2D eigenvalue weighted by molar-refractivity contribution is 6.01. The van der Waals surface area contributed by atoms with E-state index in [1.807, 2.05) is 76.4 Å². The van der Waals surface area contributed by atoms with E-state index in [0.717, 1.165) is 39.0 Å². The first kappa shape index (κ1) is 31.6. The van der Waals surface area contributed by atoms with Crippen LogP contribution in [0.25, 0.3) is 39.1 Å².